The van der Waals surface area contributed by atoms with Crippen LogP contribution in [0.2, 0.25) is 5.02 Å². The average molecular weight is 452 g/mol. The van der Waals surface area contributed by atoms with E-state index in [9.17, 15) is 15.0 Å². The van der Waals surface area contributed by atoms with Crippen molar-refractivity contribution >= 4 is 28.4 Å². The first kappa shape index (κ1) is 19.9. The fraction of sp³-hybridized carbons (Fsp3) is 0.0435. The minimum atomic E-state index is -0.825. The predicted molar refractivity (Wildman–Crippen MR) is 116 cm³/mol. The van der Waals surface area contributed by atoms with Crippen molar-refractivity contribution in [3.63, 3.8) is 0 Å². The third-order valence-corrected chi connectivity index (χ3v) is 5.40. The van der Waals surface area contributed by atoms with Crippen LogP contribution in [0.4, 0.5) is 4.39 Å². The largest absolute Gasteiger partial charge is 0.503 e. The second-order valence-corrected chi connectivity index (χ2v) is 7.56. The molecule has 0 saturated heterocycles. The number of para-hydroxylation sites is 2. The normalized spacial score (nSPS) is 11.3. The van der Waals surface area contributed by atoms with Crippen LogP contribution >= 0.6 is 11.6 Å². The number of carbonyl (C=O) groups is 1. The summed E-state index contributed by atoms with van der Waals surface area (Å²) in [5.41, 5.74) is 0.626. The molecule has 5 aromatic rings. The van der Waals surface area contributed by atoms with Crippen molar-refractivity contribution < 1.29 is 23.8 Å². The number of aromatic hydroxyl groups is 2. The second-order valence-electron chi connectivity index (χ2n) is 7.15. The summed E-state index contributed by atoms with van der Waals surface area (Å²) in [5.74, 6) is -2.52. The number of nitrogens with one attached hydrogen (secondary N) is 1. The van der Waals surface area contributed by atoms with Gasteiger partial charge in [-0.15, -0.1) is 0 Å². The van der Waals surface area contributed by atoms with Gasteiger partial charge in [-0.2, -0.15) is 0 Å². The Hall–Kier alpha value is -4.04. The van der Waals surface area contributed by atoms with Crippen LogP contribution in [0.5, 0.6) is 11.6 Å². The molecule has 9 heteroatoms. The Morgan fingerprint density at radius 1 is 1.12 bits per heavy atom. The van der Waals surface area contributed by atoms with E-state index in [0.717, 1.165) is 4.57 Å². The summed E-state index contributed by atoms with van der Waals surface area (Å²) in [6.07, 6.45) is 0. The summed E-state index contributed by atoms with van der Waals surface area (Å²) in [5, 5.41) is 21.4. The number of aromatic nitrogens is 3. The monoisotopic (exact) mass is 451 g/mol. The van der Waals surface area contributed by atoms with E-state index in [1.165, 1.54) is 24.3 Å². The van der Waals surface area contributed by atoms with Gasteiger partial charge in [-0.3, -0.25) is 4.79 Å². The smallest absolute Gasteiger partial charge is 0.242 e. The standard InChI is InChI=1S/C23H15ClFN3O4/c1-11-9-10-16(32-11)20(29)17-19(12-5-4-6-13(24)18(12)25)28(22(31)21(17)30)23-26-14-7-2-3-8-15(14)27-23/h2-10,30-31H,1H3,(H,26,27). The lowest BCUT2D eigenvalue weighted by Gasteiger charge is -2.10. The fourth-order valence-electron chi connectivity index (χ4n) is 3.64. The Labute approximate surface area is 185 Å². The molecule has 0 amide bonds. The van der Waals surface area contributed by atoms with E-state index < -0.39 is 23.2 Å². The highest BCUT2D eigenvalue weighted by Gasteiger charge is 2.33. The quantitative estimate of drug-likeness (QED) is 0.319. The third-order valence-electron chi connectivity index (χ3n) is 5.11. The zero-order valence-electron chi connectivity index (χ0n) is 16.6. The molecule has 2 aromatic carbocycles. The van der Waals surface area contributed by atoms with Crippen molar-refractivity contribution in [3.05, 3.63) is 82.5 Å². The maximum atomic E-state index is 15.1. The topological polar surface area (TPSA) is 104 Å². The van der Waals surface area contributed by atoms with Gasteiger partial charge in [0, 0.05) is 5.56 Å². The Morgan fingerprint density at radius 2 is 1.91 bits per heavy atom. The number of fused-ring (bicyclic) bond motifs is 1. The number of carbonyl (C=O) groups excluding carboxylic acids is 1. The molecular formula is C23H15ClFN3O4. The minimum absolute atomic E-state index is 0.0723. The van der Waals surface area contributed by atoms with E-state index in [1.54, 1.807) is 37.3 Å². The second kappa shape index (κ2) is 7.28. The molecule has 3 N–H and O–H groups in total. The molecule has 0 bridgehead atoms. The number of nitrogens with zero attached hydrogens (tertiary/aromatic N) is 2. The molecule has 0 aliphatic rings. The SMILES string of the molecule is Cc1ccc(C(=O)c2c(O)c(O)n(-c3nc4ccccc4[nH]3)c2-c2cccc(Cl)c2F)o1. The van der Waals surface area contributed by atoms with Crippen LogP contribution in [0.25, 0.3) is 28.2 Å². The highest BCUT2D eigenvalue weighted by Crippen LogP contribution is 2.45. The van der Waals surface area contributed by atoms with Gasteiger partial charge in [-0.25, -0.2) is 13.9 Å². The van der Waals surface area contributed by atoms with Gasteiger partial charge >= 0.3 is 0 Å². The number of rotatable bonds is 4. The molecule has 32 heavy (non-hydrogen) atoms. The van der Waals surface area contributed by atoms with Crippen molar-refractivity contribution in [2.75, 3.05) is 0 Å². The zero-order valence-corrected chi connectivity index (χ0v) is 17.3. The van der Waals surface area contributed by atoms with Gasteiger partial charge in [0.25, 0.3) is 0 Å². The molecule has 3 heterocycles. The van der Waals surface area contributed by atoms with Crippen LogP contribution in [0, 0.1) is 12.7 Å². The molecule has 0 spiro atoms. The van der Waals surface area contributed by atoms with Crippen LogP contribution < -0.4 is 0 Å². The summed E-state index contributed by atoms with van der Waals surface area (Å²) >= 11 is 5.99. The molecule has 0 atom stereocenters. The lowest BCUT2D eigenvalue weighted by atomic mass is 10.0. The van der Waals surface area contributed by atoms with E-state index in [4.69, 9.17) is 16.0 Å². The van der Waals surface area contributed by atoms with Gasteiger partial charge in [-0.05, 0) is 43.3 Å². The van der Waals surface area contributed by atoms with Crippen molar-refractivity contribution in [2.24, 2.45) is 0 Å². The van der Waals surface area contributed by atoms with Gasteiger partial charge in [0.2, 0.25) is 17.6 Å². The lowest BCUT2D eigenvalue weighted by Crippen LogP contribution is -2.06. The Balaban J connectivity index is 1.86. The van der Waals surface area contributed by atoms with Crippen molar-refractivity contribution in [2.45, 2.75) is 6.92 Å². The summed E-state index contributed by atoms with van der Waals surface area (Å²) in [4.78, 5) is 20.7. The van der Waals surface area contributed by atoms with Crippen LogP contribution in [0.3, 0.4) is 0 Å². The Morgan fingerprint density at radius 3 is 2.62 bits per heavy atom. The molecule has 3 aromatic heterocycles. The summed E-state index contributed by atoms with van der Waals surface area (Å²) in [6.45, 7) is 1.66. The number of furan rings is 1. The third kappa shape index (κ3) is 2.96. The molecule has 0 saturated carbocycles. The maximum Gasteiger partial charge on any atom is 0.242 e. The van der Waals surface area contributed by atoms with E-state index in [2.05, 4.69) is 9.97 Å². The Kier molecular flexibility index (Phi) is 4.53. The van der Waals surface area contributed by atoms with Crippen LogP contribution in [-0.2, 0) is 0 Å². The van der Waals surface area contributed by atoms with E-state index in [-0.39, 0.29) is 33.6 Å². The number of benzene rings is 2. The molecule has 0 aliphatic carbocycles. The number of aromatic amines is 1. The van der Waals surface area contributed by atoms with E-state index in [0.29, 0.717) is 16.8 Å². The van der Waals surface area contributed by atoms with Crippen LogP contribution in [0.1, 0.15) is 21.9 Å². The maximum absolute atomic E-state index is 15.1. The van der Waals surface area contributed by atoms with E-state index in [1.807, 2.05) is 0 Å². The molecule has 160 valence electrons. The number of H-pyrrole nitrogens is 1. The first-order valence-electron chi connectivity index (χ1n) is 9.54. The van der Waals surface area contributed by atoms with Gasteiger partial charge in [-0.1, -0.05) is 29.8 Å². The van der Waals surface area contributed by atoms with Gasteiger partial charge in [0.15, 0.2) is 17.3 Å². The van der Waals surface area contributed by atoms with Gasteiger partial charge in [0.05, 0.1) is 27.3 Å². The number of halogens is 2. The lowest BCUT2D eigenvalue weighted by molar-refractivity contribution is 0.101. The number of hydrogen-bond acceptors (Lipinski definition) is 5. The summed E-state index contributed by atoms with van der Waals surface area (Å²) in [7, 11) is 0. The summed E-state index contributed by atoms with van der Waals surface area (Å²) < 4.78 is 21.6. The molecule has 7 nitrogen and oxygen atoms in total. The average Bonchev–Trinajstić information content (AvgIpc) is 3.46. The highest BCUT2D eigenvalue weighted by atomic mass is 35.5. The van der Waals surface area contributed by atoms with Crippen molar-refractivity contribution in [3.8, 4) is 28.8 Å². The molecule has 0 radical (unpaired) electrons. The number of imidazole rings is 1. The van der Waals surface area contributed by atoms with Crippen LogP contribution in [-0.4, -0.2) is 30.5 Å². The number of aryl methyl sites for hydroxylation is 1. The number of hydrogen-bond donors (Lipinski definition) is 3. The molecule has 0 unspecified atom stereocenters. The summed E-state index contributed by atoms with van der Waals surface area (Å²) in [6, 6.07) is 14.3. The first-order valence-corrected chi connectivity index (χ1v) is 9.92. The minimum Gasteiger partial charge on any atom is -0.503 e. The molecule has 0 fully saturated rings. The number of ketones is 1. The van der Waals surface area contributed by atoms with Gasteiger partial charge in [0.1, 0.15) is 5.76 Å². The van der Waals surface area contributed by atoms with E-state index >= 15 is 4.39 Å². The molecule has 5 rings (SSSR count). The molecular weight excluding hydrogens is 437 g/mol. The van der Waals surface area contributed by atoms with Crippen LogP contribution in [0.15, 0.2) is 59.0 Å². The molecule has 0 aliphatic heterocycles. The predicted octanol–water partition coefficient (Wildman–Crippen LogP) is 5.36. The zero-order chi connectivity index (χ0) is 22.6. The highest BCUT2D eigenvalue weighted by molar-refractivity contribution is 6.31. The van der Waals surface area contributed by atoms with Gasteiger partial charge < -0.3 is 19.6 Å². The fourth-order valence-corrected chi connectivity index (χ4v) is 3.81. The first-order chi connectivity index (χ1) is 15.4. The van der Waals surface area contributed by atoms with Crippen molar-refractivity contribution in [1.29, 1.82) is 0 Å². The van der Waals surface area contributed by atoms with Crippen molar-refractivity contribution in [1.82, 2.24) is 14.5 Å². The Bertz CT molecular complexity index is 1480.